The van der Waals surface area contributed by atoms with Crippen LogP contribution in [0.15, 0.2) is 42.6 Å². The van der Waals surface area contributed by atoms with Crippen LogP contribution in [0.3, 0.4) is 0 Å². The normalized spacial score (nSPS) is 14.0. The van der Waals surface area contributed by atoms with Gasteiger partial charge in [-0.3, -0.25) is 14.6 Å². The molecule has 0 spiro atoms. The predicted octanol–water partition coefficient (Wildman–Crippen LogP) is 2.69. The number of hydrogen-bond donors (Lipinski definition) is 2. The first-order valence-electron chi connectivity index (χ1n) is 8.84. The van der Waals surface area contributed by atoms with Crippen LogP contribution in [0.2, 0.25) is 0 Å². The number of ether oxygens (including phenoxy) is 1. The summed E-state index contributed by atoms with van der Waals surface area (Å²) < 4.78 is 5.28. The Balaban J connectivity index is 1.63. The summed E-state index contributed by atoms with van der Waals surface area (Å²) in [5, 5.41) is 5.84. The first-order valence-corrected chi connectivity index (χ1v) is 8.84. The Morgan fingerprint density at radius 2 is 1.92 bits per heavy atom. The molecule has 1 aliphatic rings. The lowest BCUT2D eigenvalue weighted by Crippen LogP contribution is -2.33. The van der Waals surface area contributed by atoms with Gasteiger partial charge in [0.2, 0.25) is 0 Å². The van der Waals surface area contributed by atoms with E-state index in [1.54, 1.807) is 13.2 Å². The molecule has 2 aromatic rings. The van der Waals surface area contributed by atoms with Gasteiger partial charge < -0.3 is 15.4 Å². The summed E-state index contributed by atoms with van der Waals surface area (Å²) in [5.74, 6) is 0.231. The lowest BCUT2D eigenvalue weighted by atomic mass is 10.1. The number of aromatic nitrogens is 1. The van der Waals surface area contributed by atoms with E-state index in [2.05, 4.69) is 15.6 Å². The van der Waals surface area contributed by atoms with Crippen molar-refractivity contribution in [2.75, 3.05) is 7.11 Å². The standard InChI is InChI=1S/C20H23N3O3/c1-26-18-9-5-2-6-15(18)13-22-20(25)17-12-14(10-11-21-17)19(24)23-16-7-3-4-8-16/h2,5-6,9-12,16H,3-4,7-8,13H2,1H3,(H,22,25)(H,23,24). The van der Waals surface area contributed by atoms with E-state index in [4.69, 9.17) is 4.74 Å². The van der Waals surface area contributed by atoms with E-state index in [9.17, 15) is 9.59 Å². The topological polar surface area (TPSA) is 80.3 Å². The molecule has 1 aliphatic carbocycles. The van der Waals surface area contributed by atoms with Crippen molar-refractivity contribution in [3.8, 4) is 5.75 Å². The largest absolute Gasteiger partial charge is 0.496 e. The van der Waals surface area contributed by atoms with Crippen molar-refractivity contribution in [3.63, 3.8) is 0 Å². The maximum Gasteiger partial charge on any atom is 0.270 e. The van der Waals surface area contributed by atoms with Gasteiger partial charge in [-0.25, -0.2) is 0 Å². The highest BCUT2D eigenvalue weighted by atomic mass is 16.5. The minimum absolute atomic E-state index is 0.155. The monoisotopic (exact) mass is 353 g/mol. The third-order valence-electron chi connectivity index (χ3n) is 4.58. The van der Waals surface area contributed by atoms with Gasteiger partial charge in [-0.2, -0.15) is 0 Å². The van der Waals surface area contributed by atoms with Crippen molar-refractivity contribution >= 4 is 11.8 Å². The van der Waals surface area contributed by atoms with Crippen LogP contribution in [0, 0.1) is 0 Å². The zero-order valence-corrected chi connectivity index (χ0v) is 14.8. The van der Waals surface area contributed by atoms with Crippen molar-refractivity contribution < 1.29 is 14.3 Å². The van der Waals surface area contributed by atoms with E-state index in [0.717, 1.165) is 31.2 Å². The summed E-state index contributed by atoms with van der Waals surface area (Å²) in [6.07, 6.45) is 5.82. The van der Waals surface area contributed by atoms with Gasteiger partial charge in [0.15, 0.2) is 0 Å². The number of carbonyl (C=O) groups is 2. The molecule has 2 amide bonds. The minimum atomic E-state index is -0.327. The second kappa shape index (κ2) is 8.47. The number of benzene rings is 1. The van der Waals surface area contributed by atoms with E-state index < -0.39 is 0 Å². The van der Waals surface area contributed by atoms with Crippen molar-refractivity contribution in [1.82, 2.24) is 15.6 Å². The summed E-state index contributed by atoms with van der Waals surface area (Å²) in [6, 6.07) is 10.9. The molecule has 0 aliphatic heterocycles. The number of pyridine rings is 1. The Bertz CT molecular complexity index is 785. The minimum Gasteiger partial charge on any atom is -0.496 e. The number of carbonyl (C=O) groups excluding carboxylic acids is 2. The van der Waals surface area contributed by atoms with Crippen molar-refractivity contribution in [2.24, 2.45) is 0 Å². The molecule has 2 N–H and O–H groups in total. The average Bonchev–Trinajstić information content (AvgIpc) is 3.19. The molecule has 0 bridgehead atoms. The van der Waals surface area contributed by atoms with Crippen LogP contribution in [-0.4, -0.2) is 29.9 Å². The molecule has 1 heterocycles. The zero-order chi connectivity index (χ0) is 18.4. The first kappa shape index (κ1) is 17.9. The van der Waals surface area contributed by atoms with Gasteiger partial charge in [-0.15, -0.1) is 0 Å². The van der Waals surface area contributed by atoms with Gasteiger partial charge in [0.1, 0.15) is 11.4 Å². The van der Waals surface area contributed by atoms with E-state index in [-0.39, 0.29) is 23.6 Å². The highest BCUT2D eigenvalue weighted by Crippen LogP contribution is 2.18. The van der Waals surface area contributed by atoms with Crippen LogP contribution in [0.25, 0.3) is 0 Å². The summed E-state index contributed by atoms with van der Waals surface area (Å²) in [7, 11) is 1.59. The van der Waals surface area contributed by atoms with Gasteiger partial charge in [0.05, 0.1) is 7.11 Å². The third kappa shape index (κ3) is 4.39. The number of amides is 2. The van der Waals surface area contributed by atoms with Crippen molar-refractivity contribution in [3.05, 3.63) is 59.4 Å². The molecule has 6 heteroatoms. The van der Waals surface area contributed by atoms with E-state index in [1.807, 2.05) is 24.3 Å². The molecule has 0 atom stereocenters. The highest BCUT2D eigenvalue weighted by Gasteiger charge is 2.19. The van der Waals surface area contributed by atoms with Crippen molar-refractivity contribution in [1.29, 1.82) is 0 Å². The van der Waals surface area contributed by atoms with E-state index in [0.29, 0.717) is 17.9 Å². The highest BCUT2D eigenvalue weighted by molar-refractivity contribution is 5.98. The fraction of sp³-hybridized carbons (Fsp3) is 0.350. The number of nitrogens with zero attached hydrogens (tertiary/aromatic N) is 1. The maximum atomic E-state index is 12.4. The van der Waals surface area contributed by atoms with Crippen LogP contribution >= 0.6 is 0 Å². The summed E-state index contributed by atoms with van der Waals surface area (Å²) in [5.41, 5.74) is 1.55. The molecular formula is C20H23N3O3. The number of nitrogens with one attached hydrogen (secondary N) is 2. The second-order valence-electron chi connectivity index (χ2n) is 6.38. The molecule has 1 saturated carbocycles. The van der Waals surface area contributed by atoms with Gasteiger partial charge in [0.25, 0.3) is 11.8 Å². The summed E-state index contributed by atoms with van der Waals surface area (Å²) in [6.45, 7) is 0.322. The molecular weight excluding hydrogens is 330 g/mol. The average molecular weight is 353 g/mol. The van der Waals surface area contributed by atoms with Crippen LogP contribution in [0.5, 0.6) is 5.75 Å². The second-order valence-corrected chi connectivity index (χ2v) is 6.38. The molecule has 0 saturated heterocycles. The fourth-order valence-corrected chi connectivity index (χ4v) is 3.15. The lowest BCUT2D eigenvalue weighted by molar-refractivity contribution is 0.0937. The zero-order valence-electron chi connectivity index (χ0n) is 14.8. The lowest BCUT2D eigenvalue weighted by Gasteiger charge is -2.12. The Morgan fingerprint density at radius 3 is 2.69 bits per heavy atom. The van der Waals surface area contributed by atoms with Crippen LogP contribution in [-0.2, 0) is 6.54 Å². The van der Waals surface area contributed by atoms with Crippen LogP contribution in [0.1, 0.15) is 52.1 Å². The fourth-order valence-electron chi connectivity index (χ4n) is 3.15. The van der Waals surface area contributed by atoms with Crippen LogP contribution < -0.4 is 15.4 Å². The number of methoxy groups -OCH3 is 1. The summed E-state index contributed by atoms with van der Waals surface area (Å²) >= 11 is 0. The van der Waals surface area contributed by atoms with Crippen LogP contribution in [0.4, 0.5) is 0 Å². The quantitative estimate of drug-likeness (QED) is 0.837. The van der Waals surface area contributed by atoms with E-state index >= 15 is 0 Å². The molecule has 1 aromatic carbocycles. The predicted molar refractivity (Wildman–Crippen MR) is 98.1 cm³/mol. The SMILES string of the molecule is COc1ccccc1CNC(=O)c1cc(C(=O)NC2CCCC2)ccn1. The van der Waals surface area contributed by atoms with Gasteiger partial charge in [-0.05, 0) is 31.0 Å². The molecule has 136 valence electrons. The Morgan fingerprint density at radius 1 is 1.15 bits per heavy atom. The smallest absolute Gasteiger partial charge is 0.270 e. The molecule has 0 unspecified atom stereocenters. The molecule has 6 nitrogen and oxygen atoms in total. The molecule has 1 fully saturated rings. The van der Waals surface area contributed by atoms with Gasteiger partial charge in [0, 0.05) is 29.9 Å². The first-order chi connectivity index (χ1) is 12.7. The molecule has 3 rings (SSSR count). The number of para-hydroxylation sites is 1. The summed E-state index contributed by atoms with van der Waals surface area (Å²) in [4.78, 5) is 28.8. The Hall–Kier alpha value is -2.89. The molecule has 1 aromatic heterocycles. The third-order valence-corrected chi connectivity index (χ3v) is 4.58. The Labute approximate surface area is 153 Å². The van der Waals surface area contributed by atoms with Gasteiger partial charge >= 0.3 is 0 Å². The maximum absolute atomic E-state index is 12.4. The molecule has 0 radical (unpaired) electrons. The number of hydrogen-bond acceptors (Lipinski definition) is 4. The van der Waals surface area contributed by atoms with Crippen molar-refractivity contribution in [2.45, 2.75) is 38.3 Å². The Kier molecular flexibility index (Phi) is 5.84. The van der Waals surface area contributed by atoms with E-state index in [1.165, 1.54) is 12.3 Å². The van der Waals surface area contributed by atoms with Gasteiger partial charge in [-0.1, -0.05) is 31.0 Å². The number of rotatable bonds is 6. The molecule has 26 heavy (non-hydrogen) atoms.